The molecule has 0 radical (unpaired) electrons. The van der Waals surface area contributed by atoms with E-state index in [1.54, 1.807) is 0 Å². The van der Waals surface area contributed by atoms with E-state index in [1.165, 1.54) is 16.2 Å². The lowest BCUT2D eigenvalue weighted by molar-refractivity contribution is -0.120. The van der Waals surface area contributed by atoms with Gasteiger partial charge in [-0.25, -0.2) is 9.78 Å². The number of likely N-dealkylation sites (tertiary alicyclic amines) is 1. The molecule has 2 heterocycles. The number of nitrogen functional groups attached to an aromatic ring is 1. The fourth-order valence-corrected chi connectivity index (χ4v) is 3.52. The zero-order chi connectivity index (χ0) is 19.6. The largest absolute Gasteiger partial charge is 0.444 e. The van der Waals surface area contributed by atoms with E-state index in [2.05, 4.69) is 10.3 Å². The molecule has 2 aromatic rings. The summed E-state index contributed by atoms with van der Waals surface area (Å²) in [5.74, 6) is -0.205. The second kappa shape index (κ2) is 7.56. The Morgan fingerprint density at radius 1 is 1.30 bits per heavy atom. The van der Waals surface area contributed by atoms with Gasteiger partial charge in [0.25, 0.3) is 0 Å². The maximum Gasteiger partial charge on any atom is 0.410 e. The number of ether oxygens (including phenoxy) is 1. The van der Waals surface area contributed by atoms with E-state index in [0.29, 0.717) is 23.8 Å². The highest BCUT2D eigenvalue weighted by Gasteiger charge is 2.36. The summed E-state index contributed by atoms with van der Waals surface area (Å²) >= 11 is 1.39. The van der Waals surface area contributed by atoms with Crippen LogP contribution in [0.25, 0.3) is 11.3 Å². The van der Waals surface area contributed by atoms with Crippen molar-refractivity contribution in [3.8, 4) is 11.3 Å². The molecule has 7 nitrogen and oxygen atoms in total. The monoisotopic (exact) mass is 388 g/mol. The van der Waals surface area contributed by atoms with Crippen LogP contribution in [0.5, 0.6) is 0 Å². The zero-order valence-corrected chi connectivity index (χ0v) is 16.5. The highest BCUT2D eigenvalue weighted by molar-refractivity contribution is 7.13. The smallest absolute Gasteiger partial charge is 0.410 e. The Kier molecular flexibility index (Phi) is 5.36. The molecule has 1 atom stereocenters. The highest BCUT2D eigenvalue weighted by atomic mass is 32.1. The summed E-state index contributed by atoms with van der Waals surface area (Å²) in [7, 11) is 0. The summed E-state index contributed by atoms with van der Waals surface area (Å²) in [6.07, 6.45) is 0.958. The summed E-state index contributed by atoms with van der Waals surface area (Å²) in [5.41, 5.74) is 7.48. The van der Waals surface area contributed by atoms with E-state index in [9.17, 15) is 9.59 Å². The van der Waals surface area contributed by atoms with Gasteiger partial charge in [-0.05, 0) is 45.7 Å². The van der Waals surface area contributed by atoms with Gasteiger partial charge in [-0.2, -0.15) is 0 Å². The van der Waals surface area contributed by atoms with E-state index >= 15 is 0 Å². The van der Waals surface area contributed by atoms with Gasteiger partial charge >= 0.3 is 6.09 Å². The lowest BCUT2D eigenvalue weighted by Gasteiger charge is -2.28. The molecule has 1 aliphatic heterocycles. The summed E-state index contributed by atoms with van der Waals surface area (Å²) in [6, 6.07) is 6.87. The zero-order valence-electron chi connectivity index (χ0n) is 15.7. The molecular weight excluding hydrogens is 364 g/mol. The number of amides is 2. The molecule has 0 spiro atoms. The normalized spacial score (nSPS) is 17.0. The summed E-state index contributed by atoms with van der Waals surface area (Å²) in [6.45, 7) is 5.96. The van der Waals surface area contributed by atoms with Crippen LogP contribution in [0.2, 0.25) is 0 Å². The predicted octanol–water partition coefficient (Wildman–Crippen LogP) is 3.73. The van der Waals surface area contributed by atoms with Gasteiger partial charge in [0.1, 0.15) is 11.6 Å². The van der Waals surface area contributed by atoms with Crippen molar-refractivity contribution in [3.63, 3.8) is 0 Å². The van der Waals surface area contributed by atoms with Crippen LogP contribution in [0.1, 0.15) is 33.6 Å². The Balaban J connectivity index is 1.65. The van der Waals surface area contributed by atoms with Gasteiger partial charge in [-0.1, -0.05) is 12.1 Å². The third-order valence-corrected chi connectivity index (χ3v) is 4.83. The van der Waals surface area contributed by atoms with Gasteiger partial charge in [0, 0.05) is 23.2 Å². The van der Waals surface area contributed by atoms with Crippen molar-refractivity contribution in [2.75, 3.05) is 17.6 Å². The molecule has 0 unspecified atom stereocenters. The van der Waals surface area contributed by atoms with E-state index < -0.39 is 17.7 Å². The Morgan fingerprint density at radius 2 is 2.00 bits per heavy atom. The molecule has 3 N–H and O–H groups in total. The Labute approximate surface area is 162 Å². The van der Waals surface area contributed by atoms with Crippen molar-refractivity contribution in [1.29, 1.82) is 0 Å². The number of hydrogen-bond acceptors (Lipinski definition) is 6. The minimum absolute atomic E-state index is 0.205. The third-order valence-electron chi connectivity index (χ3n) is 4.15. The highest BCUT2D eigenvalue weighted by Crippen LogP contribution is 2.25. The first-order chi connectivity index (χ1) is 12.7. The number of carbonyl (C=O) groups excluding carboxylic acids is 2. The van der Waals surface area contributed by atoms with E-state index in [1.807, 2.05) is 50.4 Å². The Bertz CT molecular complexity index is 826. The average molecular weight is 388 g/mol. The van der Waals surface area contributed by atoms with E-state index in [0.717, 1.165) is 17.7 Å². The predicted molar refractivity (Wildman–Crippen MR) is 107 cm³/mol. The van der Waals surface area contributed by atoms with Crippen molar-refractivity contribution >= 4 is 34.2 Å². The maximum absolute atomic E-state index is 12.7. The van der Waals surface area contributed by atoms with Gasteiger partial charge < -0.3 is 15.8 Å². The van der Waals surface area contributed by atoms with Crippen LogP contribution in [-0.2, 0) is 9.53 Å². The first-order valence-corrected chi connectivity index (χ1v) is 9.73. The van der Waals surface area contributed by atoms with Crippen LogP contribution >= 0.6 is 11.3 Å². The number of hydrogen-bond donors (Lipinski definition) is 2. The van der Waals surface area contributed by atoms with Crippen molar-refractivity contribution in [2.24, 2.45) is 0 Å². The minimum atomic E-state index is -0.588. The Hall–Kier alpha value is -2.61. The van der Waals surface area contributed by atoms with Gasteiger partial charge in [0.2, 0.25) is 5.91 Å². The molecule has 8 heteroatoms. The lowest BCUT2D eigenvalue weighted by atomic mass is 10.1. The quantitative estimate of drug-likeness (QED) is 0.835. The molecule has 0 saturated carbocycles. The number of thiazole rings is 1. The summed E-state index contributed by atoms with van der Waals surface area (Å²) in [4.78, 5) is 30.8. The SMILES string of the molecule is CC(C)(C)OC(=O)N1CCC[C@@H]1C(=O)Nc1ccc(-c2csc(N)n2)cc1. The second-order valence-corrected chi connectivity index (χ2v) is 8.36. The molecule has 1 aromatic carbocycles. The first-order valence-electron chi connectivity index (χ1n) is 8.85. The molecule has 0 aliphatic carbocycles. The summed E-state index contributed by atoms with van der Waals surface area (Å²) < 4.78 is 5.41. The molecule has 1 fully saturated rings. The minimum Gasteiger partial charge on any atom is -0.444 e. The van der Waals surface area contributed by atoms with Gasteiger partial charge in [0.05, 0.1) is 5.69 Å². The number of anilines is 2. The molecule has 1 saturated heterocycles. The molecule has 3 rings (SSSR count). The number of nitrogens with two attached hydrogens (primary N) is 1. The Morgan fingerprint density at radius 3 is 2.59 bits per heavy atom. The lowest BCUT2D eigenvalue weighted by Crippen LogP contribution is -2.45. The van der Waals surface area contributed by atoms with Crippen molar-refractivity contribution in [2.45, 2.75) is 45.3 Å². The van der Waals surface area contributed by atoms with Crippen LogP contribution in [-0.4, -0.2) is 40.1 Å². The van der Waals surface area contributed by atoms with Crippen molar-refractivity contribution in [1.82, 2.24) is 9.88 Å². The van der Waals surface area contributed by atoms with Crippen LogP contribution in [0.3, 0.4) is 0 Å². The van der Waals surface area contributed by atoms with E-state index in [4.69, 9.17) is 10.5 Å². The molecule has 27 heavy (non-hydrogen) atoms. The number of nitrogens with one attached hydrogen (secondary N) is 1. The maximum atomic E-state index is 12.7. The number of benzene rings is 1. The molecule has 1 aliphatic rings. The summed E-state index contributed by atoms with van der Waals surface area (Å²) in [5, 5.41) is 5.29. The molecule has 0 bridgehead atoms. The van der Waals surface area contributed by atoms with Crippen LogP contribution in [0.15, 0.2) is 29.6 Å². The topological polar surface area (TPSA) is 97.5 Å². The number of rotatable bonds is 3. The van der Waals surface area contributed by atoms with Crippen molar-refractivity contribution in [3.05, 3.63) is 29.6 Å². The third kappa shape index (κ3) is 4.77. The van der Waals surface area contributed by atoms with Gasteiger partial charge in [-0.3, -0.25) is 9.69 Å². The first kappa shape index (κ1) is 19.2. The van der Waals surface area contributed by atoms with Crippen LogP contribution < -0.4 is 11.1 Å². The second-order valence-electron chi connectivity index (χ2n) is 7.47. The fourth-order valence-electron chi connectivity index (χ4n) is 2.95. The standard InChI is InChI=1S/C19H24N4O3S/c1-19(2,3)26-18(25)23-10-4-5-15(23)16(24)21-13-8-6-12(7-9-13)14-11-27-17(20)22-14/h6-9,11,15H,4-5,10H2,1-3H3,(H2,20,22)(H,21,24)/t15-/m1/s1. The molecule has 144 valence electrons. The van der Waals surface area contributed by atoms with Gasteiger partial charge in [0.15, 0.2) is 5.13 Å². The van der Waals surface area contributed by atoms with Gasteiger partial charge in [-0.15, -0.1) is 11.3 Å². The number of aromatic nitrogens is 1. The van der Waals surface area contributed by atoms with Crippen LogP contribution in [0, 0.1) is 0 Å². The van der Waals surface area contributed by atoms with E-state index in [-0.39, 0.29) is 5.91 Å². The molecular formula is C19H24N4O3S. The fraction of sp³-hybridized carbons (Fsp3) is 0.421. The number of carbonyl (C=O) groups is 2. The molecule has 2 amide bonds. The number of nitrogens with zero attached hydrogens (tertiary/aromatic N) is 2. The van der Waals surface area contributed by atoms with Crippen LogP contribution in [0.4, 0.5) is 15.6 Å². The average Bonchev–Trinajstić information content (AvgIpc) is 3.23. The molecule has 1 aromatic heterocycles. The van der Waals surface area contributed by atoms with Crippen molar-refractivity contribution < 1.29 is 14.3 Å².